The van der Waals surface area contributed by atoms with Crippen molar-refractivity contribution in [2.24, 2.45) is 5.73 Å². The Hall–Kier alpha value is -0.140. The van der Waals surface area contributed by atoms with E-state index in [0.29, 0.717) is 18.0 Å². The Morgan fingerprint density at radius 2 is 2.25 bits per heavy atom. The molecule has 2 rings (SSSR count). The third-order valence-corrected chi connectivity index (χ3v) is 6.49. The topological polar surface area (TPSA) is 63.4 Å². The number of hydrogen-bond donors (Lipinski definition) is 1. The van der Waals surface area contributed by atoms with Gasteiger partial charge in [0, 0.05) is 28.1 Å². The highest BCUT2D eigenvalue weighted by atomic mass is 79.9. The minimum absolute atomic E-state index is 0.0242. The van der Waals surface area contributed by atoms with Crippen molar-refractivity contribution in [1.29, 1.82) is 0 Å². The van der Waals surface area contributed by atoms with E-state index in [1.807, 2.05) is 25.2 Å². The van der Waals surface area contributed by atoms with Gasteiger partial charge in [-0.25, -0.2) is 8.42 Å². The van der Waals surface area contributed by atoms with Crippen LogP contribution in [0, 0.1) is 0 Å². The van der Waals surface area contributed by atoms with Gasteiger partial charge >= 0.3 is 0 Å². The Kier molecular flexibility index (Phi) is 5.13. The molecular weight excluding hydrogens is 364 g/mol. The van der Waals surface area contributed by atoms with E-state index in [1.54, 1.807) is 0 Å². The molecule has 4 nitrogen and oxygen atoms in total. The molecule has 1 aromatic carbocycles. The number of nitrogens with two attached hydrogens (primary N) is 1. The average Bonchev–Trinajstić information content (AvgIpc) is 2.73. The summed E-state index contributed by atoms with van der Waals surface area (Å²) in [6, 6.07) is 5.59. The van der Waals surface area contributed by atoms with Gasteiger partial charge in [-0.3, -0.25) is 4.90 Å². The number of rotatable bonds is 4. The Morgan fingerprint density at radius 3 is 2.75 bits per heavy atom. The maximum Gasteiger partial charge on any atom is 0.151 e. The van der Waals surface area contributed by atoms with Crippen molar-refractivity contribution in [1.82, 2.24) is 4.90 Å². The fraction of sp³-hybridized carbons (Fsp3) is 0.538. The normalized spacial score (nSPS) is 23.1. The van der Waals surface area contributed by atoms with Crippen LogP contribution in [0.5, 0.6) is 0 Å². The molecule has 1 aliphatic heterocycles. The molecule has 2 N–H and O–H groups in total. The molecule has 0 aliphatic carbocycles. The largest absolute Gasteiger partial charge is 0.329 e. The molecule has 0 bridgehead atoms. The van der Waals surface area contributed by atoms with Crippen molar-refractivity contribution in [3.05, 3.63) is 33.3 Å². The fourth-order valence-corrected chi connectivity index (χ4v) is 5.37. The van der Waals surface area contributed by atoms with Crippen molar-refractivity contribution in [2.45, 2.75) is 18.5 Å². The summed E-state index contributed by atoms with van der Waals surface area (Å²) >= 11 is 9.46. The highest BCUT2D eigenvalue weighted by Crippen LogP contribution is 2.32. The standard InChI is InChI=1S/C13H18BrClN2O2S/c1-17(10-4-5-20(18,19)8-10)13(7-16)11-3-2-9(15)6-12(11)14/h2-3,6,10,13H,4-5,7-8,16H2,1H3. The van der Waals surface area contributed by atoms with Gasteiger partial charge in [0.15, 0.2) is 9.84 Å². The van der Waals surface area contributed by atoms with Crippen molar-refractivity contribution >= 4 is 37.4 Å². The number of likely N-dealkylation sites (N-methyl/N-ethyl adjacent to an activating group) is 1. The van der Waals surface area contributed by atoms with Crippen LogP contribution in [0.2, 0.25) is 5.02 Å². The molecule has 1 aliphatic rings. The van der Waals surface area contributed by atoms with Crippen LogP contribution < -0.4 is 5.73 Å². The zero-order valence-electron chi connectivity index (χ0n) is 11.2. The van der Waals surface area contributed by atoms with Gasteiger partial charge in [-0.1, -0.05) is 33.6 Å². The Balaban J connectivity index is 2.23. The van der Waals surface area contributed by atoms with Crippen LogP contribution in [0.4, 0.5) is 0 Å². The predicted octanol–water partition coefficient (Wildman–Crippen LogP) is 2.22. The summed E-state index contributed by atoms with van der Waals surface area (Å²) in [5.74, 6) is 0.478. The summed E-state index contributed by atoms with van der Waals surface area (Å²) in [4.78, 5) is 2.07. The zero-order valence-corrected chi connectivity index (χ0v) is 14.4. The molecule has 1 fully saturated rings. The van der Waals surface area contributed by atoms with Gasteiger partial charge in [-0.15, -0.1) is 0 Å². The summed E-state index contributed by atoms with van der Waals surface area (Å²) < 4.78 is 24.1. The van der Waals surface area contributed by atoms with Crippen molar-refractivity contribution in [3.8, 4) is 0 Å². The summed E-state index contributed by atoms with van der Waals surface area (Å²) in [7, 11) is -0.962. The summed E-state index contributed by atoms with van der Waals surface area (Å²) in [5, 5.41) is 0.655. The number of nitrogens with zero attached hydrogens (tertiary/aromatic N) is 1. The maximum absolute atomic E-state index is 11.6. The van der Waals surface area contributed by atoms with E-state index in [4.69, 9.17) is 17.3 Å². The Labute approximate surface area is 133 Å². The summed E-state index contributed by atoms with van der Waals surface area (Å²) in [6.07, 6.45) is 0.667. The van der Waals surface area contributed by atoms with E-state index in [1.165, 1.54) is 0 Å². The van der Waals surface area contributed by atoms with Crippen LogP contribution in [0.25, 0.3) is 0 Å². The van der Waals surface area contributed by atoms with Gasteiger partial charge in [0.05, 0.1) is 11.5 Å². The molecule has 2 unspecified atom stereocenters. The molecule has 20 heavy (non-hydrogen) atoms. The van der Waals surface area contributed by atoms with E-state index in [0.717, 1.165) is 10.0 Å². The molecule has 7 heteroatoms. The van der Waals surface area contributed by atoms with E-state index in [2.05, 4.69) is 20.8 Å². The minimum Gasteiger partial charge on any atom is -0.329 e. The van der Waals surface area contributed by atoms with Crippen LogP contribution in [-0.4, -0.2) is 44.5 Å². The van der Waals surface area contributed by atoms with Crippen LogP contribution in [0.1, 0.15) is 18.0 Å². The Bertz CT molecular complexity index is 594. The van der Waals surface area contributed by atoms with Gasteiger partial charge in [0.2, 0.25) is 0 Å². The molecular formula is C13H18BrClN2O2S. The first-order valence-corrected chi connectivity index (χ1v) is 9.40. The lowest BCUT2D eigenvalue weighted by Crippen LogP contribution is -2.39. The van der Waals surface area contributed by atoms with E-state index in [-0.39, 0.29) is 23.6 Å². The monoisotopic (exact) mass is 380 g/mol. The van der Waals surface area contributed by atoms with Gasteiger partial charge in [-0.2, -0.15) is 0 Å². The summed E-state index contributed by atoms with van der Waals surface area (Å²) in [6.45, 7) is 0.424. The van der Waals surface area contributed by atoms with Crippen molar-refractivity contribution < 1.29 is 8.42 Å². The molecule has 2 atom stereocenters. The van der Waals surface area contributed by atoms with Gasteiger partial charge in [-0.05, 0) is 31.2 Å². The number of hydrogen-bond acceptors (Lipinski definition) is 4. The summed E-state index contributed by atoms with van der Waals surface area (Å²) in [5.41, 5.74) is 6.93. The lowest BCUT2D eigenvalue weighted by Gasteiger charge is -2.32. The van der Waals surface area contributed by atoms with Gasteiger partial charge < -0.3 is 5.73 Å². The van der Waals surface area contributed by atoms with E-state index >= 15 is 0 Å². The molecule has 0 saturated carbocycles. The van der Waals surface area contributed by atoms with E-state index in [9.17, 15) is 8.42 Å². The third kappa shape index (κ3) is 3.54. The second-order valence-corrected chi connectivity index (χ2v) is 8.66. The van der Waals surface area contributed by atoms with Crippen LogP contribution in [-0.2, 0) is 9.84 Å². The fourth-order valence-electron chi connectivity index (χ4n) is 2.64. The van der Waals surface area contributed by atoms with Crippen molar-refractivity contribution in [3.63, 3.8) is 0 Å². The lowest BCUT2D eigenvalue weighted by molar-refractivity contribution is 0.192. The Morgan fingerprint density at radius 1 is 1.55 bits per heavy atom. The predicted molar refractivity (Wildman–Crippen MR) is 85.8 cm³/mol. The molecule has 0 spiro atoms. The van der Waals surface area contributed by atoms with Crippen LogP contribution in [0.15, 0.2) is 22.7 Å². The molecule has 1 heterocycles. The second-order valence-electron chi connectivity index (χ2n) is 5.14. The van der Waals surface area contributed by atoms with Gasteiger partial charge in [0.25, 0.3) is 0 Å². The SMILES string of the molecule is CN(C1CCS(=O)(=O)C1)C(CN)c1ccc(Cl)cc1Br. The first-order valence-electron chi connectivity index (χ1n) is 6.41. The highest BCUT2D eigenvalue weighted by Gasteiger charge is 2.34. The molecule has 1 aromatic rings. The first kappa shape index (κ1) is 16.2. The number of benzene rings is 1. The van der Waals surface area contributed by atoms with Crippen LogP contribution >= 0.6 is 27.5 Å². The molecule has 0 radical (unpaired) electrons. The number of sulfone groups is 1. The van der Waals surface area contributed by atoms with E-state index < -0.39 is 9.84 Å². The third-order valence-electron chi connectivity index (χ3n) is 3.82. The maximum atomic E-state index is 11.6. The first-order chi connectivity index (χ1) is 9.34. The highest BCUT2D eigenvalue weighted by molar-refractivity contribution is 9.10. The molecule has 112 valence electrons. The smallest absolute Gasteiger partial charge is 0.151 e. The molecule has 1 saturated heterocycles. The van der Waals surface area contributed by atoms with Gasteiger partial charge in [0.1, 0.15) is 0 Å². The zero-order chi connectivity index (χ0) is 14.9. The van der Waals surface area contributed by atoms with Crippen molar-refractivity contribution in [2.75, 3.05) is 25.1 Å². The lowest BCUT2D eigenvalue weighted by atomic mass is 10.0. The average molecular weight is 382 g/mol. The molecule has 0 amide bonds. The number of halogens is 2. The molecule has 0 aromatic heterocycles. The second kappa shape index (κ2) is 6.32. The van der Waals surface area contributed by atoms with Crippen LogP contribution in [0.3, 0.4) is 0 Å². The minimum atomic E-state index is -2.90. The quantitative estimate of drug-likeness (QED) is 0.868.